The van der Waals surface area contributed by atoms with Gasteiger partial charge in [-0.15, -0.1) is 0 Å². The van der Waals surface area contributed by atoms with E-state index < -0.39 is 0 Å². The van der Waals surface area contributed by atoms with Gasteiger partial charge in [0.15, 0.2) is 0 Å². The van der Waals surface area contributed by atoms with Crippen LogP contribution < -0.4 is 16.0 Å². The van der Waals surface area contributed by atoms with Gasteiger partial charge >= 0.3 is 6.03 Å². The van der Waals surface area contributed by atoms with Crippen molar-refractivity contribution < 1.29 is 9.59 Å². The first-order chi connectivity index (χ1) is 12.5. The summed E-state index contributed by atoms with van der Waals surface area (Å²) in [6, 6.07) is 18.9. The second kappa shape index (κ2) is 10.2. The third-order valence-corrected chi connectivity index (χ3v) is 3.79. The van der Waals surface area contributed by atoms with Gasteiger partial charge in [0.1, 0.15) is 0 Å². The first kappa shape index (κ1) is 19.5. The Labute approximate surface area is 154 Å². The van der Waals surface area contributed by atoms with Crippen molar-refractivity contribution in [1.82, 2.24) is 20.9 Å². The van der Waals surface area contributed by atoms with Crippen LogP contribution in [0, 0.1) is 0 Å². The number of nitrogens with one attached hydrogen (secondary N) is 3. The first-order valence-corrected chi connectivity index (χ1v) is 8.59. The van der Waals surface area contributed by atoms with E-state index in [1.807, 2.05) is 79.7 Å². The van der Waals surface area contributed by atoms with Crippen molar-refractivity contribution in [3.8, 4) is 0 Å². The fourth-order valence-electron chi connectivity index (χ4n) is 2.53. The Bertz CT molecular complexity index is 689. The zero-order chi connectivity index (χ0) is 18.8. The van der Waals surface area contributed by atoms with E-state index in [4.69, 9.17) is 0 Å². The van der Waals surface area contributed by atoms with Crippen LogP contribution in [0.3, 0.4) is 0 Å². The molecule has 0 unspecified atom stereocenters. The van der Waals surface area contributed by atoms with Gasteiger partial charge < -0.3 is 20.9 Å². The lowest BCUT2D eigenvalue weighted by Crippen LogP contribution is -2.44. The molecule has 0 aliphatic heterocycles. The maximum Gasteiger partial charge on any atom is 0.315 e. The minimum atomic E-state index is -0.368. The average molecular weight is 354 g/mol. The van der Waals surface area contributed by atoms with E-state index in [0.29, 0.717) is 13.1 Å². The Balaban J connectivity index is 1.79. The van der Waals surface area contributed by atoms with Gasteiger partial charge in [-0.25, -0.2) is 4.79 Å². The maximum absolute atomic E-state index is 12.2. The molecule has 0 fully saturated rings. The van der Waals surface area contributed by atoms with Gasteiger partial charge in [-0.3, -0.25) is 4.79 Å². The minimum Gasteiger partial charge on any atom is -0.346 e. The number of carbonyl (C=O) groups is 2. The zero-order valence-corrected chi connectivity index (χ0v) is 15.2. The molecule has 3 N–H and O–H groups in total. The van der Waals surface area contributed by atoms with Crippen LogP contribution in [0.25, 0.3) is 0 Å². The normalized spacial score (nSPS) is 11.7. The van der Waals surface area contributed by atoms with Gasteiger partial charge in [0.25, 0.3) is 0 Å². The fourth-order valence-corrected chi connectivity index (χ4v) is 2.53. The molecule has 26 heavy (non-hydrogen) atoms. The van der Waals surface area contributed by atoms with Gasteiger partial charge in [-0.1, -0.05) is 60.7 Å². The van der Waals surface area contributed by atoms with Gasteiger partial charge in [-0.05, 0) is 25.2 Å². The first-order valence-electron chi connectivity index (χ1n) is 8.59. The molecule has 2 aromatic rings. The Morgan fingerprint density at radius 2 is 1.54 bits per heavy atom. The van der Waals surface area contributed by atoms with Crippen LogP contribution in [-0.2, 0) is 11.3 Å². The lowest BCUT2D eigenvalue weighted by molar-refractivity contribution is -0.120. The van der Waals surface area contributed by atoms with Crippen LogP contribution in [0.15, 0.2) is 60.7 Å². The number of urea groups is 1. The second-order valence-electron chi connectivity index (χ2n) is 6.31. The van der Waals surface area contributed by atoms with E-state index in [9.17, 15) is 9.59 Å². The smallest absolute Gasteiger partial charge is 0.315 e. The van der Waals surface area contributed by atoms with Crippen molar-refractivity contribution in [2.24, 2.45) is 0 Å². The number of likely N-dealkylation sites (N-methyl/N-ethyl adjacent to an activating group) is 1. The summed E-state index contributed by atoms with van der Waals surface area (Å²) >= 11 is 0. The lowest BCUT2D eigenvalue weighted by Gasteiger charge is -2.23. The summed E-state index contributed by atoms with van der Waals surface area (Å²) in [5.74, 6) is -0.226. The number of carbonyl (C=O) groups excluding carboxylic acids is 2. The molecule has 0 bridgehead atoms. The molecule has 3 amide bonds. The van der Waals surface area contributed by atoms with Gasteiger partial charge in [0.05, 0.1) is 12.6 Å². The summed E-state index contributed by atoms with van der Waals surface area (Å²) in [7, 11) is 3.91. The van der Waals surface area contributed by atoms with Crippen LogP contribution in [-0.4, -0.2) is 44.0 Å². The van der Waals surface area contributed by atoms with Crippen LogP contribution in [0.1, 0.15) is 17.2 Å². The molecule has 2 rings (SSSR count). The maximum atomic E-state index is 12.2. The Morgan fingerprint density at radius 1 is 0.923 bits per heavy atom. The molecule has 1 atom stereocenters. The molecule has 0 heterocycles. The molecule has 2 aromatic carbocycles. The van der Waals surface area contributed by atoms with Crippen molar-refractivity contribution in [2.75, 3.05) is 27.2 Å². The van der Waals surface area contributed by atoms with Crippen LogP contribution in [0.5, 0.6) is 0 Å². The Kier molecular flexibility index (Phi) is 7.64. The molecule has 0 saturated heterocycles. The molecule has 0 spiro atoms. The predicted molar refractivity (Wildman–Crippen MR) is 103 cm³/mol. The Hall–Kier alpha value is -2.86. The van der Waals surface area contributed by atoms with Crippen LogP contribution >= 0.6 is 0 Å². The largest absolute Gasteiger partial charge is 0.346 e. The van der Waals surface area contributed by atoms with E-state index in [2.05, 4.69) is 16.0 Å². The SMILES string of the molecule is CN(C)C[C@H](NC(=O)CNC(=O)NCc1ccccc1)c1ccccc1. The summed E-state index contributed by atoms with van der Waals surface area (Å²) in [4.78, 5) is 26.1. The van der Waals surface area contributed by atoms with Crippen molar-refractivity contribution >= 4 is 11.9 Å². The van der Waals surface area contributed by atoms with Gasteiger partial charge in [0, 0.05) is 13.1 Å². The van der Waals surface area contributed by atoms with Crippen LogP contribution in [0.2, 0.25) is 0 Å². The molecule has 0 aliphatic carbocycles. The zero-order valence-electron chi connectivity index (χ0n) is 15.2. The summed E-state index contributed by atoms with van der Waals surface area (Å²) in [6.45, 7) is 1.02. The van der Waals surface area contributed by atoms with Gasteiger partial charge in [0.2, 0.25) is 5.91 Å². The molecular weight excluding hydrogens is 328 g/mol. The summed E-state index contributed by atoms with van der Waals surface area (Å²) in [6.07, 6.45) is 0. The number of hydrogen-bond acceptors (Lipinski definition) is 3. The molecule has 6 heteroatoms. The summed E-state index contributed by atoms with van der Waals surface area (Å²) in [5, 5.41) is 8.29. The summed E-state index contributed by atoms with van der Waals surface area (Å²) < 4.78 is 0. The molecule has 0 aromatic heterocycles. The highest BCUT2D eigenvalue weighted by atomic mass is 16.2. The molecule has 6 nitrogen and oxygen atoms in total. The molecule has 0 aliphatic rings. The van der Waals surface area contributed by atoms with Gasteiger partial charge in [-0.2, -0.15) is 0 Å². The standard InChI is InChI=1S/C20H26N4O2/c1-24(2)15-18(17-11-7-4-8-12-17)23-19(25)14-22-20(26)21-13-16-9-5-3-6-10-16/h3-12,18H,13-15H2,1-2H3,(H,23,25)(H2,21,22,26)/t18-/m0/s1. The number of hydrogen-bond donors (Lipinski definition) is 3. The number of nitrogens with zero attached hydrogens (tertiary/aromatic N) is 1. The second-order valence-corrected chi connectivity index (χ2v) is 6.31. The highest BCUT2D eigenvalue weighted by molar-refractivity contribution is 5.84. The lowest BCUT2D eigenvalue weighted by atomic mass is 10.1. The summed E-state index contributed by atoms with van der Waals surface area (Å²) in [5.41, 5.74) is 2.03. The quantitative estimate of drug-likeness (QED) is 0.678. The predicted octanol–water partition coefficient (Wildman–Crippen LogP) is 1.90. The molecule has 0 saturated carbocycles. The fraction of sp³-hybridized carbons (Fsp3) is 0.300. The third kappa shape index (κ3) is 6.94. The van der Waals surface area contributed by atoms with Crippen molar-refractivity contribution in [3.05, 3.63) is 71.8 Å². The number of amides is 3. The number of benzene rings is 2. The van der Waals surface area contributed by atoms with E-state index in [-0.39, 0.29) is 24.5 Å². The highest BCUT2D eigenvalue weighted by Crippen LogP contribution is 2.12. The molecule has 138 valence electrons. The third-order valence-electron chi connectivity index (χ3n) is 3.79. The molecule has 0 radical (unpaired) electrons. The minimum absolute atomic E-state index is 0.0720. The van der Waals surface area contributed by atoms with Crippen molar-refractivity contribution in [3.63, 3.8) is 0 Å². The Morgan fingerprint density at radius 3 is 2.15 bits per heavy atom. The highest BCUT2D eigenvalue weighted by Gasteiger charge is 2.15. The van der Waals surface area contributed by atoms with E-state index in [1.165, 1.54) is 0 Å². The van der Waals surface area contributed by atoms with E-state index in [0.717, 1.165) is 11.1 Å². The average Bonchev–Trinajstić information content (AvgIpc) is 2.65. The van der Waals surface area contributed by atoms with Crippen molar-refractivity contribution in [2.45, 2.75) is 12.6 Å². The van der Waals surface area contributed by atoms with Crippen LogP contribution in [0.4, 0.5) is 4.79 Å². The number of rotatable bonds is 8. The van der Waals surface area contributed by atoms with Crippen molar-refractivity contribution in [1.29, 1.82) is 0 Å². The van der Waals surface area contributed by atoms with E-state index in [1.54, 1.807) is 0 Å². The molecular formula is C20H26N4O2. The van der Waals surface area contributed by atoms with E-state index >= 15 is 0 Å². The monoisotopic (exact) mass is 354 g/mol. The topological polar surface area (TPSA) is 73.5 Å².